The van der Waals surface area contributed by atoms with E-state index >= 15 is 0 Å². The number of hydrogen-bond donors (Lipinski definition) is 1. The molecule has 0 saturated heterocycles. The fraction of sp³-hybridized carbons (Fsp3) is 0.571. The molecule has 2 heterocycles. The Balaban J connectivity index is 2.21. The van der Waals surface area contributed by atoms with Gasteiger partial charge in [-0.05, 0) is 27.3 Å². The van der Waals surface area contributed by atoms with Gasteiger partial charge in [-0.25, -0.2) is 4.98 Å². The van der Waals surface area contributed by atoms with Gasteiger partial charge in [0.05, 0.1) is 30.5 Å². The third-order valence-electron chi connectivity index (χ3n) is 3.53. The zero-order chi connectivity index (χ0) is 13.8. The molecule has 0 aliphatic heterocycles. The van der Waals surface area contributed by atoms with E-state index in [-0.39, 0.29) is 0 Å². The van der Waals surface area contributed by atoms with Crippen LogP contribution in [0.15, 0.2) is 12.5 Å². The maximum absolute atomic E-state index is 4.65. The minimum absolute atomic E-state index is 0.784. The van der Waals surface area contributed by atoms with Gasteiger partial charge in [0.1, 0.15) is 0 Å². The first kappa shape index (κ1) is 13.8. The first-order valence-corrected chi connectivity index (χ1v) is 6.89. The Morgan fingerprint density at radius 2 is 2.05 bits per heavy atom. The molecule has 0 aliphatic carbocycles. The lowest BCUT2D eigenvalue weighted by Crippen LogP contribution is -2.13. The number of nitrogens with one attached hydrogen (secondary N) is 1. The van der Waals surface area contributed by atoms with Crippen LogP contribution in [0.25, 0.3) is 0 Å². The molecule has 5 heteroatoms. The molecule has 2 rings (SSSR count). The summed E-state index contributed by atoms with van der Waals surface area (Å²) in [6.45, 7) is 12.1. The quantitative estimate of drug-likeness (QED) is 0.863. The Kier molecular flexibility index (Phi) is 4.37. The molecule has 2 aromatic heterocycles. The largest absolute Gasteiger partial charge is 0.333 e. The number of nitrogens with zero attached hydrogens (tertiary/aromatic N) is 4. The molecule has 0 radical (unpaired) electrons. The molecule has 0 atom stereocenters. The van der Waals surface area contributed by atoms with Crippen LogP contribution in [0, 0.1) is 13.8 Å². The van der Waals surface area contributed by atoms with Crippen molar-refractivity contribution in [1.82, 2.24) is 24.6 Å². The SMILES string of the molecule is CCNCc1c(C)nn(Cc2cncn2CC)c1C. The predicted molar refractivity (Wildman–Crippen MR) is 76.1 cm³/mol. The van der Waals surface area contributed by atoms with Gasteiger partial charge in [-0.2, -0.15) is 5.10 Å². The van der Waals surface area contributed by atoms with Gasteiger partial charge in [0.15, 0.2) is 0 Å². The number of aromatic nitrogens is 4. The van der Waals surface area contributed by atoms with E-state index in [0.29, 0.717) is 0 Å². The van der Waals surface area contributed by atoms with Gasteiger partial charge in [0, 0.05) is 24.3 Å². The summed E-state index contributed by atoms with van der Waals surface area (Å²) in [4.78, 5) is 4.21. The van der Waals surface area contributed by atoms with Gasteiger partial charge in [-0.15, -0.1) is 0 Å². The van der Waals surface area contributed by atoms with E-state index in [1.54, 1.807) is 0 Å². The molecule has 0 fully saturated rings. The molecule has 2 aromatic rings. The Morgan fingerprint density at radius 3 is 2.74 bits per heavy atom. The van der Waals surface area contributed by atoms with Gasteiger partial charge in [-0.1, -0.05) is 6.92 Å². The maximum Gasteiger partial charge on any atom is 0.0948 e. The summed E-state index contributed by atoms with van der Waals surface area (Å²) >= 11 is 0. The van der Waals surface area contributed by atoms with Crippen LogP contribution in [0.5, 0.6) is 0 Å². The monoisotopic (exact) mass is 261 g/mol. The van der Waals surface area contributed by atoms with E-state index in [9.17, 15) is 0 Å². The topological polar surface area (TPSA) is 47.7 Å². The van der Waals surface area contributed by atoms with Crippen molar-refractivity contribution in [2.75, 3.05) is 6.54 Å². The van der Waals surface area contributed by atoms with Crippen molar-refractivity contribution in [3.63, 3.8) is 0 Å². The Labute approximate surface area is 114 Å². The van der Waals surface area contributed by atoms with Crippen molar-refractivity contribution in [3.8, 4) is 0 Å². The normalized spacial score (nSPS) is 11.2. The van der Waals surface area contributed by atoms with Gasteiger partial charge in [-0.3, -0.25) is 4.68 Å². The zero-order valence-electron chi connectivity index (χ0n) is 12.3. The minimum atomic E-state index is 0.784. The molecular weight excluding hydrogens is 238 g/mol. The lowest BCUT2D eigenvalue weighted by molar-refractivity contribution is 0.605. The molecule has 0 amide bonds. The second-order valence-corrected chi connectivity index (χ2v) is 4.76. The fourth-order valence-corrected chi connectivity index (χ4v) is 2.31. The molecule has 5 nitrogen and oxygen atoms in total. The molecule has 1 N–H and O–H groups in total. The van der Waals surface area contributed by atoms with Crippen molar-refractivity contribution < 1.29 is 0 Å². The summed E-state index contributed by atoms with van der Waals surface area (Å²) < 4.78 is 4.23. The predicted octanol–water partition coefficient (Wildman–Crippen LogP) is 1.87. The van der Waals surface area contributed by atoms with Crippen LogP contribution in [0.2, 0.25) is 0 Å². The van der Waals surface area contributed by atoms with Crippen LogP contribution in [-0.2, 0) is 19.6 Å². The van der Waals surface area contributed by atoms with Crippen molar-refractivity contribution in [1.29, 1.82) is 0 Å². The number of aryl methyl sites for hydroxylation is 2. The Hall–Kier alpha value is -1.62. The highest BCUT2D eigenvalue weighted by atomic mass is 15.3. The summed E-state index contributed by atoms with van der Waals surface area (Å²) in [6, 6.07) is 0. The van der Waals surface area contributed by atoms with E-state index in [4.69, 9.17) is 0 Å². The molecule has 104 valence electrons. The number of rotatable bonds is 6. The van der Waals surface area contributed by atoms with Crippen LogP contribution in [0.1, 0.15) is 36.5 Å². The first-order chi connectivity index (χ1) is 9.17. The molecular formula is C14H23N5. The average Bonchev–Trinajstić information content (AvgIpc) is 2.94. The summed E-state index contributed by atoms with van der Waals surface area (Å²) in [7, 11) is 0. The molecule has 0 aliphatic rings. The van der Waals surface area contributed by atoms with E-state index in [1.807, 2.05) is 12.5 Å². The van der Waals surface area contributed by atoms with Crippen LogP contribution < -0.4 is 5.32 Å². The van der Waals surface area contributed by atoms with E-state index < -0.39 is 0 Å². The molecule has 0 unspecified atom stereocenters. The number of hydrogen-bond acceptors (Lipinski definition) is 3. The second kappa shape index (κ2) is 6.02. The van der Waals surface area contributed by atoms with E-state index in [2.05, 4.69) is 52.3 Å². The highest BCUT2D eigenvalue weighted by Gasteiger charge is 2.12. The van der Waals surface area contributed by atoms with Crippen molar-refractivity contribution in [2.24, 2.45) is 0 Å². The van der Waals surface area contributed by atoms with Crippen LogP contribution in [0.3, 0.4) is 0 Å². The third-order valence-corrected chi connectivity index (χ3v) is 3.53. The van der Waals surface area contributed by atoms with Gasteiger partial charge in [0.25, 0.3) is 0 Å². The maximum atomic E-state index is 4.65. The highest BCUT2D eigenvalue weighted by molar-refractivity contribution is 5.25. The molecule has 0 spiro atoms. The fourth-order valence-electron chi connectivity index (χ4n) is 2.31. The third kappa shape index (κ3) is 2.87. The van der Waals surface area contributed by atoms with Crippen molar-refractivity contribution >= 4 is 0 Å². The van der Waals surface area contributed by atoms with Crippen molar-refractivity contribution in [2.45, 2.75) is 47.3 Å². The smallest absolute Gasteiger partial charge is 0.0948 e. The summed E-state index contributed by atoms with van der Waals surface area (Å²) in [5.41, 5.74) is 4.86. The summed E-state index contributed by atoms with van der Waals surface area (Å²) in [5, 5.41) is 8.02. The molecule has 0 saturated carbocycles. The Morgan fingerprint density at radius 1 is 1.26 bits per heavy atom. The second-order valence-electron chi connectivity index (χ2n) is 4.76. The van der Waals surface area contributed by atoms with Gasteiger partial charge < -0.3 is 9.88 Å². The highest BCUT2D eigenvalue weighted by Crippen LogP contribution is 2.14. The van der Waals surface area contributed by atoms with Crippen LogP contribution >= 0.6 is 0 Å². The van der Waals surface area contributed by atoms with Gasteiger partial charge >= 0.3 is 0 Å². The van der Waals surface area contributed by atoms with Crippen molar-refractivity contribution in [3.05, 3.63) is 35.2 Å². The minimum Gasteiger partial charge on any atom is -0.333 e. The average molecular weight is 261 g/mol. The lowest BCUT2D eigenvalue weighted by Gasteiger charge is -2.08. The standard InChI is InChI=1S/C14H23N5/c1-5-15-8-14-11(3)17-19(12(14)4)9-13-7-16-10-18(13)6-2/h7,10,15H,5-6,8-9H2,1-4H3. The molecule has 19 heavy (non-hydrogen) atoms. The van der Waals surface area contributed by atoms with Gasteiger partial charge in [0.2, 0.25) is 0 Å². The summed E-state index contributed by atoms with van der Waals surface area (Å²) in [5.74, 6) is 0. The number of imidazole rings is 1. The van der Waals surface area contributed by atoms with Crippen LogP contribution in [0.4, 0.5) is 0 Å². The zero-order valence-corrected chi connectivity index (χ0v) is 12.3. The van der Waals surface area contributed by atoms with Crippen LogP contribution in [-0.4, -0.2) is 25.9 Å². The lowest BCUT2D eigenvalue weighted by atomic mass is 10.2. The van der Waals surface area contributed by atoms with E-state index in [0.717, 1.165) is 31.9 Å². The van der Waals surface area contributed by atoms with E-state index in [1.165, 1.54) is 17.0 Å². The Bertz CT molecular complexity index is 538. The summed E-state index contributed by atoms with van der Waals surface area (Å²) in [6.07, 6.45) is 3.80. The first-order valence-electron chi connectivity index (χ1n) is 6.89. The molecule has 0 bridgehead atoms. The molecule has 0 aromatic carbocycles.